The van der Waals surface area contributed by atoms with E-state index < -0.39 is 18.0 Å². The average molecular weight is 337 g/mol. The molecule has 7 heteroatoms. The molecule has 0 saturated heterocycles. The van der Waals surface area contributed by atoms with Gasteiger partial charge in [-0.3, -0.25) is 4.79 Å². The number of carbonyl (C=O) groups is 1. The number of hydrogen-bond donors (Lipinski definition) is 1. The Bertz CT molecular complexity index is 746. The monoisotopic (exact) mass is 337 g/mol. The molecule has 1 aliphatic heterocycles. The van der Waals surface area contributed by atoms with Gasteiger partial charge in [-0.25, -0.2) is 0 Å². The molecule has 126 valence electrons. The van der Waals surface area contributed by atoms with E-state index in [9.17, 15) is 18.0 Å². The fourth-order valence-corrected chi connectivity index (χ4v) is 2.55. The van der Waals surface area contributed by atoms with Gasteiger partial charge in [0.05, 0.1) is 6.61 Å². The van der Waals surface area contributed by atoms with Gasteiger partial charge in [0.2, 0.25) is 0 Å². The zero-order chi connectivity index (χ0) is 17.2. The Hall–Kier alpha value is -2.70. The van der Waals surface area contributed by atoms with E-state index >= 15 is 0 Å². The Morgan fingerprint density at radius 2 is 2.00 bits per heavy atom. The Morgan fingerprint density at radius 3 is 2.79 bits per heavy atom. The first kappa shape index (κ1) is 16.2. The molecule has 24 heavy (non-hydrogen) atoms. The van der Waals surface area contributed by atoms with Crippen LogP contribution in [0.2, 0.25) is 0 Å². The van der Waals surface area contributed by atoms with E-state index in [2.05, 4.69) is 10.1 Å². The summed E-state index contributed by atoms with van der Waals surface area (Å²) in [6, 6.07) is 12.5. The summed E-state index contributed by atoms with van der Waals surface area (Å²) in [6.45, 7) is 0.789. The number of rotatable bonds is 4. The summed E-state index contributed by atoms with van der Waals surface area (Å²) >= 11 is 0. The molecule has 0 bridgehead atoms. The molecule has 3 rings (SSSR count). The van der Waals surface area contributed by atoms with Gasteiger partial charge < -0.3 is 14.8 Å². The van der Waals surface area contributed by atoms with E-state index in [0.29, 0.717) is 13.2 Å². The summed E-state index contributed by atoms with van der Waals surface area (Å²) in [4.78, 5) is 12.1. The second-order valence-electron chi connectivity index (χ2n) is 5.33. The zero-order valence-electron chi connectivity index (χ0n) is 12.5. The van der Waals surface area contributed by atoms with Gasteiger partial charge >= 0.3 is 6.36 Å². The van der Waals surface area contributed by atoms with Crippen molar-refractivity contribution in [3.8, 4) is 11.5 Å². The molecule has 1 unspecified atom stereocenters. The Balaban J connectivity index is 1.63. The number of halogens is 3. The fourth-order valence-electron chi connectivity index (χ4n) is 2.55. The number of nitrogens with one attached hydrogen (secondary N) is 1. The third-order valence-electron chi connectivity index (χ3n) is 3.64. The van der Waals surface area contributed by atoms with Crippen LogP contribution in [0.25, 0.3) is 0 Å². The molecule has 0 saturated carbocycles. The molecule has 0 radical (unpaired) electrons. The van der Waals surface area contributed by atoms with E-state index in [4.69, 9.17) is 4.74 Å². The minimum Gasteiger partial charge on any atom is -0.493 e. The predicted molar refractivity (Wildman–Crippen MR) is 80.1 cm³/mol. The topological polar surface area (TPSA) is 47.6 Å². The standard InChI is InChI=1S/C17H14F3NO3/c18-17(19,20)24-13-5-3-4-11(8-13)16(22)21-9-12-10-23-15-7-2-1-6-14(12)15/h1-8,12H,9-10H2,(H,21,22). The summed E-state index contributed by atoms with van der Waals surface area (Å²) in [7, 11) is 0. The molecular weight excluding hydrogens is 323 g/mol. The molecule has 0 fully saturated rings. The summed E-state index contributed by atoms with van der Waals surface area (Å²) < 4.78 is 46.0. The van der Waals surface area contributed by atoms with Crippen molar-refractivity contribution in [3.05, 3.63) is 59.7 Å². The Morgan fingerprint density at radius 1 is 1.21 bits per heavy atom. The number of benzene rings is 2. The highest BCUT2D eigenvalue weighted by Crippen LogP contribution is 2.32. The number of carbonyl (C=O) groups excluding carboxylic acids is 1. The lowest BCUT2D eigenvalue weighted by Crippen LogP contribution is -2.29. The maximum Gasteiger partial charge on any atom is 0.573 e. The van der Waals surface area contributed by atoms with Crippen LogP contribution in [0.5, 0.6) is 11.5 Å². The molecule has 1 atom stereocenters. The van der Waals surface area contributed by atoms with Gasteiger partial charge in [-0.2, -0.15) is 0 Å². The van der Waals surface area contributed by atoms with Crippen molar-refractivity contribution in [2.24, 2.45) is 0 Å². The number of amides is 1. The van der Waals surface area contributed by atoms with Gasteiger partial charge in [0.15, 0.2) is 0 Å². The molecule has 0 aliphatic carbocycles. The molecule has 0 aromatic heterocycles. The van der Waals surface area contributed by atoms with Crippen LogP contribution in [0.15, 0.2) is 48.5 Å². The molecule has 1 aliphatic rings. The molecule has 4 nitrogen and oxygen atoms in total. The first-order chi connectivity index (χ1) is 11.4. The van der Waals surface area contributed by atoms with Crippen molar-refractivity contribution in [2.75, 3.05) is 13.2 Å². The highest BCUT2D eigenvalue weighted by molar-refractivity contribution is 5.94. The van der Waals surface area contributed by atoms with Crippen molar-refractivity contribution in [1.29, 1.82) is 0 Å². The largest absolute Gasteiger partial charge is 0.573 e. The third kappa shape index (κ3) is 3.79. The van der Waals surface area contributed by atoms with Crippen molar-refractivity contribution < 1.29 is 27.4 Å². The van der Waals surface area contributed by atoms with Crippen LogP contribution in [0.1, 0.15) is 21.8 Å². The lowest BCUT2D eigenvalue weighted by atomic mass is 10.0. The minimum absolute atomic E-state index is 0.0137. The maximum atomic E-state index is 12.2. The van der Waals surface area contributed by atoms with E-state index in [1.54, 1.807) is 0 Å². The number of fused-ring (bicyclic) bond motifs is 1. The molecule has 1 N–H and O–H groups in total. The average Bonchev–Trinajstić information content (AvgIpc) is 2.94. The van der Waals surface area contributed by atoms with Crippen molar-refractivity contribution in [3.63, 3.8) is 0 Å². The SMILES string of the molecule is O=C(NCC1COc2ccccc21)c1cccc(OC(F)(F)F)c1. The van der Waals surface area contributed by atoms with Crippen molar-refractivity contribution >= 4 is 5.91 Å². The number of ether oxygens (including phenoxy) is 2. The molecule has 1 amide bonds. The van der Waals surface area contributed by atoms with Gasteiger partial charge in [0.1, 0.15) is 11.5 Å². The van der Waals surface area contributed by atoms with Crippen LogP contribution >= 0.6 is 0 Å². The van der Waals surface area contributed by atoms with Gasteiger partial charge in [-0.15, -0.1) is 13.2 Å². The highest BCUT2D eigenvalue weighted by atomic mass is 19.4. The second-order valence-corrected chi connectivity index (χ2v) is 5.33. The number of hydrogen-bond acceptors (Lipinski definition) is 3. The smallest absolute Gasteiger partial charge is 0.493 e. The number of alkyl halides is 3. The third-order valence-corrected chi connectivity index (χ3v) is 3.64. The van der Waals surface area contributed by atoms with Gasteiger partial charge in [0.25, 0.3) is 5.91 Å². The van der Waals surface area contributed by atoms with Crippen LogP contribution in [-0.2, 0) is 0 Å². The van der Waals surface area contributed by atoms with Crippen LogP contribution in [0.4, 0.5) is 13.2 Å². The lowest BCUT2D eigenvalue weighted by molar-refractivity contribution is -0.274. The molecular formula is C17H14F3NO3. The van der Waals surface area contributed by atoms with Crippen LogP contribution in [0, 0.1) is 0 Å². The predicted octanol–water partition coefficient (Wildman–Crippen LogP) is 3.49. The minimum atomic E-state index is -4.79. The summed E-state index contributed by atoms with van der Waals surface area (Å²) in [5.41, 5.74) is 1.11. The molecule has 0 spiro atoms. The van der Waals surface area contributed by atoms with Gasteiger partial charge in [-0.05, 0) is 24.3 Å². The molecule has 2 aromatic carbocycles. The van der Waals surface area contributed by atoms with Crippen molar-refractivity contribution in [1.82, 2.24) is 5.32 Å². The Kier molecular flexibility index (Phi) is 4.33. The van der Waals surface area contributed by atoms with Crippen LogP contribution in [0.3, 0.4) is 0 Å². The second kappa shape index (κ2) is 6.43. The normalized spacial score (nSPS) is 16.2. The highest BCUT2D eigenvalue weighted by Gasteiger charge is 2.31. The quantitative estimate of drug-likeness (QED) is 0.929. The molecule has 2 aromatic rings. The maximum absolute atomic E-state index is 12.2. The van der Waals surface area contributed by atoms with Gasteiger partial charge in [-0.1, -0.05) is 24.3 Å². The van der Waals surface area contributed by atoms with Crippen LogP contribution < -0.4 is 14.8 Å². The van der Waals surface area contributed by atoms with E-state index in [1.165, 1.54) is 12.1 Å². The van der Waals surface area contributed by atoms with Crippen molar-refractivity contribution in [2.45, 2.75) is 12.3 Å². The Labute approximate surface area is 136 Å². The fraction of sp³-hybridized carbons (Fsp3) is 0.235. The van der Waals surface area contributed by atoms with E-state index in [0.717, 1.165) is 23.4 Å². The first-order valence-electron chi connectivity index (χ1n) is 7.28. The first-order valence-corrected chi connectivity index (χ1v) is 7.28. The van der Waals surface area contributed by atoms with E-state index in [-0.39, 0.29) is 11.5 Å². The number of para-hydroxylation sites is 1. The lowest BCUT2D eigenvalue weighted by Gasteiger charge is -2.12. The zero-order valence-corrected chi connectivity index (χ0v) is 12.5. The summed E-state index contributed by atoms with van der Waals surface area (Å²) in [5, 5.41) is 2.72. The summed E-state index contributed by atoms with van der Waals surface area (Å²) in [6.07, 6.45) is -4.79. The van der Waals surface area contributed by atoms with Gasteiger partial charge in [0, 0.05) is 23.6 Å². The summed E-state index contributed by atoms with van der Waals surface area (Å²) in [5.74, 6) is -0.0891. The van der Waals surface area contributed by atoms with Crippen LogP contribution in [-0.4, -0.2) is 25.4 Å². The molecule has 1 heterocycles. The van der Waals surface area contributed by atoms with E-state index in [1.807, 2.05) is 24.3 Å².